The van der Waals surface area contributed by atoms with Crippen molar-refractivity contribution in [2.45, 2.75) is 37.8 Å². The minimum Gasteiger partial charge on any atom is -0.239 e. The zero-order chi connectivity index (χ0) is 13.1. The first kappa shape index (κ1) is 12.4. The van der Waals surface area contributed by atoms with E-state index in [1.54, 1.807) is 0 Å². The van der Waals surface area contributed by atoms with E-state index in [1.807, 2.05) is 42.5 Å². The third kappa shape index (κ3) is 2.56. The predicted octanol–water partition coefficient (Wildman–Crippen LogP) is 5.48. The standard InChI is InChI=1S/C18H19F/c19-18(13-5-2-6-14-18)17-11-9-16(10-12-17)15-7-3-1-4-8-15/h1,3-4,7-12H,2,5-6,13-14H2. The smallest absolute Gasteiger partial charge is 0.136 e. The molecule has 1 heteroatoms. The van der Waals surface area contributed by atoms with Gasteiger partial charge in [-0.2, -0.15) is 0 Å². The molecule has 0 amide bonds. The molecule has 0 N–H and O–H groups in total. The van der Waals surface area contributed by atoms with Crippen molar-refractivity contribution in [1.29, 1.82) is 0 Å². The van der Waals surface area contributed by atoms with Crippen molar-refractivity contribution in [2.24, 2.45) is 0 Å². The first-order valence-corrected chi connectivity index (χ1v) is 7.13. The van der Waals surface area contributed by atoms with Crippen molar-refractivity contribution in [3.63, 3.8) is 0 Å². The molecular weight excluding hydrogens is 235 g/mol. The van der Waals surface area contributed by atoms with Gasteiger partial charge in [0.1, 0.15) is 5.67 Å². The maximum absolute atomic E-state index is 14.8. The lowest BCUT2D eigenvalue weighted by atomic mass is 9.81. The van der Waals surface area contributed by atoms with Crippen LogP contribution < -0.4 is 0 Å². The second kappa shape index (κ2) is 5.16. The zero-order valence-electron chi connectivity index (χ0n) is 11.1. The molecule has 0 aromatic heterocycles. The van der Waals surface area contributed by atoms with Crippen molar-refractivity contribution >= 4 is 0 Å². The molecule has 0 spiro atoms. The van der Waals surface area contributed by atoms with Crippen molar-refractivity contribution in [3.8, 4) is 11.1 Å². The minimum absolute atomic E-state index is 0.678. The van der Waals surface area contributed by atoms with Gasteiger partial charge in [-0.25, -0.2) is 4.39 Å². The van der Waals surface area contributed by atoms with Gasteiger partial charge in [0.15, 0.2) is 0 Å². The van der Waals surface area contributed by atoms with Crippen LogP contribution in [0.25, 0.3) is 11.1 Å². The SMILES string of the molecule is FC1(c2ccc(-c3ccccc3)cc2)CCCCC1. The van der Waals surface area contributed by atoms with Crippen LogP contribution in [0.2, 0.25) is 0 Å². The molecule has 1 aliphatic rings. The summed E-state index contributed by atoms with van der Waals surface area (Å²) in [6.45, 7) is 0. The second-order valence-corrected chi connectivity index (χ2v) is 5.47. The average molecular weight is 254 g/mol. The van der Waals surface area contributed by atoms with Crippen LogP contribution in [0.5, 0.6) is 0 Å². The van der Waals surface area contributed by atoms with Gasteiger partial charge in [0.25, 0.3) is 0 Å². The normalized spacial score (nSPS) is 18.2. The molecule has 0 nitrogen and oxygen atoms in total. The van der Waals surface area contributed by atoms with Crippen LogP contribution in [0.1, 0.15) is 37.7 Å². The number of halogens is 1. The largest absolute Gasteiger partial charge is 0.239 e. The molecule has 1 aliphatic carbocycles. The Morgan fingerprint density at radius 2 is 1.26 bits per heavy atom. The van der Waals surface area contributed by atoms with E-state index in [4.69, 9.17) is 0 Å². The third-order valence-electron chi connectivity index (χ3n) is 4.16. The topological polar surface area (TPSA) is 0 Å². The maximum atomic E-state index is 14.8. The van der Waals surface area contributed by atoms with Crippen LogP contribution in [0.3, 0.4) is 0 Å². The highest BCUT2D eigenvalue weighted by Crippen LogP contribution is 2.41. The molecule has 3 rings (SSSR count). The van der Waals surface area contributed by atoms with E-state index in [0.717, 1.165) is 24.0 Å². The number of hydrogen-bond donors (Lipinski definition) is 0. The summed E-state index contributed by atoms with van der Waals surface area (Å²) in [5, 5.41) is 0. The van der Waals surface area contributed by atoms with Gasteiger partial charge in [-0.05, 0) is 42.4 Å². The Bertz CT molecular complexity index is 521. The van der Waals surface area contributed by atoms with Crippen LogP contribution in [-0.4, -0.2) is 0 Å². The predicted molar refractivity (Wildman–Crippen MR) is 77.7 cm³/mol. The summed E-state index contributed by atoms with van der Waals surface area (Å²) in [6.07, 6.45) is 4.55. The van der Waals surface area contributed by atoms with Crippen LogP contribution >= 0.6 is 0 Å². The van der Waals surface area contributed by atoms with E-state index in [-0.39, 0.29) is 0 Å². The molecule has 0 atom stereocenters. The number of rotatable bonds is 2. The molecule has 0 aliphatic heterocycles. The summed E-state index contributed by atoms with van der Waals surface area (Å²) >= 11 is 0. The highest BCUT2D eigenvalue weighted by Gasteiger charge is 2.33. The van der Waals surface area contributed by atoms with Gasteiger partial charge in [0, 0.05) is 0 Å². The molecule has 0 heterocycles. The van der Waals surface area contributed by atoms with Crippen LogP contribution in [0, 0.1) is 0 Å². The molecule has 19 heavy (non-hydrogen) atoms. The molecular formula is C18H19F. The van der Waals surface area contributed by atoms with Gasteiger partial charge in [0.2, 0.25) is 0 Å². The zero-order valence-corrected chi connectivity index (χ0v) is 11.1. The highest BCUT2D eigenvalue weighted by atomic mass is 19.1. The molecule has 0 saturated heterocycles. The molecule has 0 unspecified atom stereocenters. The monoisotopic (exact) mass is 254 g/mol. The van der Waals surface area contributed by atoms with E-state index in [1.165, 1.54) is 12.0 Å². The van der Waals surface area contributed by atoms with Gasteiger partial charge in [-0.15, -0.1) is 0 Å². The Morgan fingerprint density at radius 1 is 0.684 bits per heavy atom. The Balaban J connectivity index is 1.87. The summed E-state index contributed by atoms with van der Waals surface area (Å²) in [5.41, 5.74) is 2.11. The van der Waals surface area contributed by atoms with Gasteiger partial charge in [0.05, 0.1) is 0 Å². The van der Waals surface area contributed by atoms with Crippen molar-refractivity contribution in [2.75, 3.05) is 0 Å². The van der Waals surface area contributed by atoms with E-state index in [0.29, 0.717) is 12.8 Å². The highest BCUT2D eigenvalue weighted by molar-refractivity contribution is 5.63. The van der Waals surface area contributed by atoms with Gasteiger partial charge < -0.3 is 0 Å². The quantitative estimate of drug-likeness (QED) is 0.665. The van der Waals surface area contributed by atoms with Crippen molar-refractivity contribution in [1.82, 2.24) is 0 Å². The molecule has 0 bridgehead atoms. The van der Waals surface area contributed by atoms with Crippen molar-refractivity contribution in [3.05, 3.63) is 60.2 Å². The third-order valence-corrected chi connectivity index (χ3v) is 4.16. The fraction of sp³-hybridized carbons (Fsp3) is 0.333. The Hall–Kier alpha value is -1.63. The molecule has 1 saturated carbocycles. The van der Waals surface area contributed by atoms with E-state index < -0.39 is 5.67 Å². The van der Waals surface area contributed by atoms with Gasteiger partial charge >= 0.3 is 0 Å². The summed E-state index contributed by atoms with van der Waals surface area (Å²) in [5.74, 6) is 0. The Kier molecular flexibility index (Phi) is 3.37. The minimum atomic E-state index is -1.09. The summed E-state index contributed by atoms with van der Waals surface area (Å²) in [6, 6.07) is 18.3. The molecule has 0 radical (unpaired) electrons. The van der Waals surface area contributed by atoms with E-state index in [9.17, 15) is 4.39 Å². The molecule has 2 aromatic carbocycles. The fourth-order valence-electron chi connectivity index (χ4n) is 2.99. The lowest BCUT2D eigenvalue weighted by molar-refractivity contribution is 0.106. The summed E-state index contributed by atoms with van der Waals surface area (Å²) in [7, 11) is 0. The summed E-state index contributed by atoms with van der Waals surface area (Å²) in [4.78, 5) is 0. The van der Waals surface area contributed by atoms with Crippen LogP contribution in [0.15, 0.2) is 54.6 Å². The first-order chi connectivity index (χ1) is 9.28. The molecule has 2 aromatic rings. The van der Waals surface area contributed by atoms with E-state index >= 15 is 0 Å². The fourth-order valence-corrected chi connectivity index (χ4v) is 2.99. The summed E-state index contributed by atoms with van der Waals surface area (Å²) < 4.78 is 14.8. The lowest BCUT2D eigenvalue weighted by Crippen LogP contribution is -2.23. The van der Waals surface area contributed by atoms with Crippen LogP contribution in [-0.2, 0) is 5.67 Å². The molecule has 98 valence electrons. The lowest BCUT2D eigenvalue weighted by Gasteiger charge is -2.30. The van der Waals surface area contributed by atoms with Gasteiger partial charge in [-0.1, -0.05) is 61.0 Å². The molecule has 1 fully saturated rings. The van der Waals surface area contributed by atoms with Crippen LogP contribution in [0.4, 0.5) is 4.39 Å². The first-order valence-electron chi connectivity index (χ1n) is 7.13. The maximum Gasteiger partial charge on any atom is 0.136 e. The van der Waals surface area contributed by atoms with Crippen molar-refractivity contribution < 1.29 is 4.39 Å². The Morgan fingerprint density at radius 3 is 1.89 bits per heavy atom. The van der Waals surface area contributed by atoms with Gasteiger partial charge in [-0.3, -0.25) is 0 Å². The number of hydrogen-bond acceptors (Lipinski definition) is 0. The Labute approximate surface area is 114 Å². The number of benzene rings is 2. The number of alkyl halides is 1. The van der Waals surface area contributed by atoms with E-state index in [2.05, 4.69) is 12.1 Å². The second-order valence-electron chi connectivity index (χ2n) is 5.47. The average Bonchev–Trinajstić information content (AvgIpc) is 2.49.